The molecule has 0 bridgehead atoms. The number of amides is 1. The smallest absolute Gasteiger partial charge is 0.236 e. The first-order valence-corrected chi connectivity index (χ1v) is 9.83. The van der Waals surface area contributed by atoms with Crippen LogP contribution in [0.5, 0.6) is 0 Å². The van der Waals surface area contributed by atoms with Gasteiger partial charge in [-0.3, -0.25) is 4.79 Å². The third-order valence-electron chi connectivity index (χ3n) is 5.34. The molecule has 1 amide bonds. The van der Waals surface area contributed by atoms with Crippen molar-refractivity contribution in [1.82, 2.24) is 10.3 Å². The van der Waals surface area contributed by atoms with Crippen molar-refractivity contribution in [1.29, 1.82) is 0 Å². The van der Waals surface area contributed by atoms with Gasteiger partial charge in [0.1, 0.15) is 10.9 Å². The fraction of sp³-hybridized carbons (Fsp3) is 0.450. The first-order valence-electron chi connectivity index (χ1n) is 8.95. The average Bonchev–Trinajstić information content (AvgIpc) is 3.33. The number of carbonyl (C=O) groups is 1. The Morgan fingerprint density at radius 3 is 2.81 bits per heavy atom. The summed E-state index contributed by atoms with van der Waals surface area (Å²) >= 11 is 1.66. The molecule has 0 spiro atoms. The van der Waals surface area contributed by atoms with E-state index in [2.05, 4.69) is 27.7 Å². The highest BCUT2D eigenvalue weighted by Crippen LogP contribution is 2.39. The molecule has 4 rings (SSSR count). The standard InChI is InChI=1S/C20H21N3O2S/c1-21-16-11-15(16)18(24)22-13-20(7-9-25-10-8-20)19-23-17(12-26-19)14-5-3-2-4-6-14/h2-6,12,15-16H,7-11,13H2,(H,22,24). The molecule has 2 atom stereocenters. The number of carbonyl (C=O) groups excluding carboxylic acids is 1. The Hall–Kier alpha value is -2.23. The van der Waals surface area contributed by atoms with E-state index in [9.17, 15) is 4.79 Å². The molecule has 2 unspecified atom stereocenters. The topological polar surface area (TPSA) is 55.6 Å². The van der Waals surface area contributed by atoms with Crippen LogP contribution in [0.1, 0.15) is 24.3 Å². The Labute approximate surface area is 157 Å². The van der Waals surface area contributed by atoms with E-state index in [0.717, 1.165) is 29.1 Å². The number of hydrogen-bond acceptors (Lipinski definition) is 4. The zero-order chi connectivity index (χ0) is 18.0. The van der Waals surface area contributed by atoms with E-state index in [1.807, 2.05) is 18.2 Å². The summed E-state index contributed by atoms with van der Waals surface area (Å²) < 4.78 is 5.56. The molecule has 2 heterocycles. The van der Waals surface area contributed by atoms with E-state index in [1.54, 1.807) is 11.3 Å². The fourth-order valence-electron chi connectivity index (χ4n) is 3.48. The van der Waals surface area contributed by atoms with Crippen LogP contribution < -0.4 is 5.32 Å². The fourth-order valence-corrected chi connectivity index (χ4v) is 4.57. The Bertz CT molecular complexity index is 821. The summed E-state index contributed by atoms with van der Waals surface area (Å²) in [5.41, 5.74) is 1.92. The van der Waals surface area contributed by atoms with Gasteiger partial charge in [-0.15, -0.1) is 11.3 Å². The maximum atomic E-state index is 12.3. The first-order chi connectivity index (χ1) is 12.7. The molecule has 1 aliphatic carbocycles. The number of hydrogen-bond donors (Lipinski definition) is 1. The van der Waals surface area contributed by atoms with Gasteiger partial charge in [0.2, 0.25) is 11.9 Å². The first kappa shape index (κ1) is 17.2. The van der Waals surface area contributed by atoms with Crippen LogP contribution >= 0.6 is 11.3 Å². The molecule has 1 saturated carbocycles. The maximum absolute atomic E-state index is 12.3. The SMILES string of the molecule is [C-]#[N+]C1CC1C(=O)NCC1(c2nc(-c3ccccc3)cs2)CCOCC1. The van der Waals surface area contributed by atoms with Gasteiger partial charge >= 0.3 is 0 Å². The van der Waals surface area contributed by atoms with Gasteiger partial charge in [-0.2, -0.15) is 0 Å². The van der Waals surface area contributed by atoms with Crippen LogP contribution in [0.3, 0.4) is 0 Å². The van der Waals surface area contributed by atoms with Crippen LogP contribution in [0.4, 0.5) is 0 Å². The predicted molar refractivity (Wildman–Crippen MR) is 101 cm³/mol. The van der Waals surface area contributed by atoms with Crippen molar-refractivity contribution in [3.8, 4) is 11.3 Å². The molecule has 1 N–H and O–H groups in total. The molecule has 1 aliphatic heterocycles. The normalized spacial score (nSPS) is 23.8. The highest BCUT2D eigenvalue weighted by molar-refractivity contribution is 7.10. The third-order valence-corrected chi connectivity index (χ3v) is 6.43. The molecule has 1 saturated heterocycles. The highest BCUT2D eigenvalue weighted by atomic mass is 32.1. The number of rotatable bonds is 5. The van der Waals surface area contributed by atoms with Crippen molar-refractivity contribution in [2.75, 3.05) is 19.8 Å². The molecule has 5 nitrogen and oxygen atoms in total. The van der Waals surface area contributed by atoms with Gasteiger partial charge in [-0.1, -0.05) is 30.3 Å². The number of ether oxygens (including phenoxy) is 1. The van der Waals surface area contributed by atoms with E-state index in [0.29, 0.717) is 26.2 Å². The summed E-state index contributed by atoms with van der Waals surface area (Å²) in [5, 5.41) is 6.26. The highest BCUT2D eigenvalue weighted by Gasteiger charge is 2.50. The summed E-state index contributed by atoms with van der Waals surface area (Å²) in [5.74, 6) is -0.114. The monoisotopic (exact) mass is 367 g/mol. The molecule has 26 heavy (non-hydrogen) atoms. The van der Waals surface area contributed by atoms with Crippen LogP contribution in [0.25, 0.3) is 16.1 Å². The van der Waals surface area contributed by atoms with Crippen LogP contribution in [0.15, 0.2) is 35.7 Å². The zero-order valence-corrected chi connectivity index (χ0v) is 15.3. The second-order valence-corrected chi connectivity index (χ2v) is 7.91. The Kier molecular flexibility index (Phi) is 4.75. The number of benzene rings is 1. The molecule has 2 aliphatic rings. The zero-order valence-electron chi connectivity index (χ0n) is 14.5. The summed E-state index contributed by atoms with van der Waals surface area (Å²) in [6, 6.07) is 10.0. The molecule has 2 fully saturated rings. The number of aromatic nitrogens is 1. The van der Waals surface area contributed by atoms with Crippen LogP contribution in [0.2, 0.25) is 0 Å². The quantitative estimate of drug-likeness (QED) is 0.825. The lowest BCUT2D eigenvalue weighted by Gasteiger charge is -2.35. The Balaban J connectivity index is 1.52. The number of nitrogens with zero attached hydrogens (tertiary/aromatic N) is 2. The van der Waals surface area contributed by atoms with Crippen LogP contribution in [-0.4, -0.2) is 36.7 Å². The van der Waals surface area contributed by atoms with Gasteiger partial charge < -0.3 is 14.9 Å². The lowest BCUT2D eigenvalue weighted by molar-refractivity contribution is -0.122. The lowest BCUT2D eigenvalue weighted by atomic mass is 9.80. The molecular weight excluding hydrogens is 346 g/mol. The Morgan fingerprint density at radius 1 is 1.35 bits per heavy atom. The minimum absolute atomic E-state index is 0.0108. The summed E-state index contributed by atoms with van der Waals surface area (Å²) in [6.07, 6.45) is 2.40. The minimum atomic E-state index is -0.173. The number of nitrogens with one attached hydrogen (secondary N) is 1. The van der Waals surface area contributed by atoms with Crippen LogP contribution in [0, 0.1) is 12.5 Å². The molecule has 134 valence electrons. The van der Waals surface area contributed by atoms with Crippen molar-refractivity contribution < 1.29 is 9.53 Å². The largest absolute Gasteiger partial charge is 0.381 e. The minimum Gasteiger partial charge on any atom is -0.381 e. The molecule has 2 aromatic rings. The van der Waals surface area contributed by atoms with E-state index in [1.165, 1.54) is 0 Å². The molecule has 0 radical (unpaired) electrons. The van der Waals surface area contributed by atoms with Crippen molar-refractivity contribution >= 4 is 17.2 Å². The summed E-state index contributed by atoms with van der Waals surface area (Å²) in [6.45, 7) is 8.99. The predicted octanol–water partition coefficient (Wildman–Crippen LogP) is 3.28. The lowest BCUT2D eigenvalue weighted by Crippen LogP contribution is -2.45. The van der Waals surface area contributed by atoms with Crippen LogP contribution in [-0.2, 0) is 14.9 Å². The van der Waals surface area contributed by atoms with E-state index in [-0.39, 0.29) is 23.3 Å². The second kappa shape index (κ2) is 7.18. The maximum Gasteiger partial charge on any atom is 0.236 e. The summed E-state index contributed by atoms with van der Waals surface area (Å²) in [4.78, 5) is 20.7. The van der Waals surface area contributed by atoms with Gasteiger partial charge in [0, 0.05) is 42.5 Å². The van der Waals surface area contributed by atoms with Crippen molar-refractivity contribution in [3.63, 3.8) is 0 Å². The van der Waals surface area contributed by atoms with Gasteiger partial charge in [0.15, 0.2) is 0 Å². The van der Waals surface area contributed by atoms with E-state index in [4.69, 9.17) is 16.3 Å². The van der Waals surface area contributed by atoms with Gasteiger partial charge in [-0.25, -0.2) is 11.6 Å². The number of thiazole rings is 1. The van der Waals surface area contributed by atoms with Gasteiger partial charge in [0.05, 0.1) is 5.69 Å². The van der Waals surface area contributed by atoms with Crippen molar-refractivity contribution in [2.24, 2.45) is 5.92 Å². The van der Waals surface area contributed by atoms with Crippen molar-refractivity contribution in [2.45, 2.75) is 30.7 Å². The van der Waals surface area contributed by atoms with E-state index >= 15 is 0 Å². The Morgan fingerprint density at radius 2 is 2.12 bits per heavy atom. The molecular formula is C20H21N3O2S. The second-order valence-electron chi connectivity index (χ2n) is 7.05. The van der Waals surface area contributed by atoms with E-state index < -0.39 is 0 Å². The third kappa shape index (κ3) is 3.37. The molecule has 6 heteroatoms. The molecule has 1 aromatic carbocycles. The van der Waals surface area contributed by atoms with Crippen molar-refractivity contribution in [3.05, 3.63) is 52.1 Å². The molecule has 1 aromatic heterocycles. The average molecular weight is 367 g/mol. The van der Waals surface area contributed by atoms with Gasteiger partial charge in [-0.05, 0) is 12.8 Å². The van der Waals surface area contributed by atoms with Gasteiger partial charge in [0.25, 0.3) is 0 Å². The summed E-state index contributed by atoms with van der Waals surface area (Å²) in [7, 11) is 0.